The van der Waals surface area contributed by atoms with Crippen molar-refractivity contribution in [3.05, 3.63) is 157 Å². The van der Waals surface area contributed by atoms with E-state index in [1.807, 2.05) is 0 Å². The Hall–Kier alpha value is -3.90. The standard InChI is InChI=1S/C40H40/c1-4-16-28-25-15-26-32-27-35-38(31-23-13-14-24-31)40(34(18-6-3)33(17-5-2)39(35)37(28)32)36(29-19-9-7-10-20-29)30-21-11-8-12-22-30/h7-15,19-23,25-27H,4-6,16-18,24H2,1-3H3. The SMILES string of the molecule is CCCc1c(CCC)c2c(c(C3=CC=CC3)c1=C(c1ccccc1)c1ccccc1)C=c1cccc(CCC)c1=2. The van der Waals surface area contributed by atoms with Gasteiger partial charge in [0.1, 0.15) is 0 Å². The van der Waals surface area contributed by atoms with Gasteiger partial charge in [-0.15, -0.1) is 0 Å². The molecule has 2 aliphatic rings. The van der Waals surface area contributed by atoms with Crippen molar-refractivity contribution in [2.45, 2.75) is 65.7 Å². The van der Waals surface area contributed by atoms with Crippen LogP contribution >= 0.6 is 0 Å². The first kappa shape index (κ1) is 26.3. The van der Waals surface area contributed by atoms with Crippen molar-refractivity contribution in [1.82, 2.24) is 0 Å². The van der Waals surface area contributed by atoms with Gasteiger partial charge in [0.25, 0.3) is 0 Å². The second-order valence-corrected chi connectivity index (χ2v) is 11.2. The lowest BCUT2D eigenvalue weighted by Crippen LogP contribution is -2.24. The topological polar surface area (TPSA) is 0 Å². The van der Waals surface area contributed by atoms with Crippen LogP contribution in [0.25, 0.3) is 17.2 Å². The van der Waals surface area contributed by atoms with Crippen molar-refractivity contribution < 1.29 is 0 Å². The van der Waals surface area contributed by atoms with Crippen LogP contribution in [0, 0.1) is 10.4 Å². The van der Waals surface area contributed by atoms with Gasteiger partial charge in [-0.25, -0.2) is 0 Å². The number of benzene rings is 4. The highest BCUT2D eigenvalue weighted by atomic mass is 14.3. The van der Waals surface area contributed by atoms with Crippen LogP contribution in [0.5, 0.6) is 0 Å². The maximum Gasteiger partial charge on any atom is -0.00296 e. The molecule has 0 atom stereocenters. The van der Waals surface area contributed by atoms with Crippen molar-refractivity contribution in [2.75, 3.05) is 0 Å². The van der Waals surface area contributed by atoms with E-state index in [1.165, 1.54) is 59.8 Å². The quantitative estimate of drug-likeness (QED) is 0.183. The third-order valence-corrected chi connectivity index (χ3v) is 8.48. The Morgan fingerprint density at radius 3 is 1.90 bits per heavy atom. The third kappa shape index (κ3) is 4.60. The summed E-state index contributed by atoms with van der Waals surface area (Å²) < 4.78 is 0. The molecular weight excluding hydrogens is 480 g/mol. The fourth-order valence-electron chi connectivity index (χ4n) is 6.94. The van der Waals surface area contributed by atoms with E-state index in [2.05, 4.69) is 124 Å². The van der Waals surface area contributed by atoms with Crippen LogP contribution in [0.15, 0.2) is 97.1 Å². The molecule has 0 saturated heterocycles. The number of hydrogen-bond donors (Lipinski definition) is 0. The minimum Gasteiger partial charge on any atom is -0.0801 e. The highest BCUT2D eigenvalue weighted by molar-refractivity contribution is 5.88. The maximum absolute atomic E-state index is 2.52. The van der Waals surface area contributed by atoms with Gasteiger partial charge >= 0.3 is 0 Å². The van der Waals surface area contributed by atoms with E-state index in [0.29, 0.717) is 0 Å². The molecule has 0 unspecified atom stereocenters. The van der Waals surface area contributed by atoms with E-state index in [0.717, 1.165) is 44.9 Å². The summed E-state index contributed by atoms with van der Waals surface area (Å²) in [6.45, 7) is 6.99. The Balaban J connectivity index is 1.94. The van der Waals surface area contributed by atoms with Crippen LogP contribution < -0.4 is 10.4 Å². The summed E-state index contributed by atoms with van der Waals surface area (Å²) in [5, 5.41) is 5.88. The summed E-state index contributed by atoms with van der Waals surface area (Å²) >= 11 is 0. The van der Waals surface area contributed by atoms with Gasteiger partial charge in [0.15, 0.2) is 0 Å². The van der Waals surface area contributed by atoms with Crippen molar-refractivity contribution in [3.63, 3.8) is 0 Å². The second-order valence-electron chi connectivity index (χ2n) is 11.2. The van der Waals surface area contributed by atoms with Crippen LogP contribution in [0.4, 0.5) is 0 Å². The maximum atomic E-state index is 2.52. The fraction of sp³-hybridized carbons (Fsp3) is 0.250. The molecule has 0 heterocycles. The molecule has 40 heavy (non-hydrogen) atoms. The Bertz CT molecular complexity index is 1780. The number of aryl methyl sites for hydroxylation is 1. The van der Waals surface area contributed by atoms with Gasteiger partial charge in [-0.2, -0.15) is 0 Å². The molecule has 0 spiro atoms. The van der Waals surface area contributed by atoms with Gasteiger partial charge < -0.3 is 0 Å². The van der Waals surface area contributed by atoms with Crippen LogP contribution in [0.3, 0.4) is 0 Å². The minimum absolute atomic E-state index is 0.987. The molecule has 0 heteroatoms. The monoisotopic (exact) mass is 520 g/mol. The lowest BCUT2D eigenvalue weighted by atomic mass is 9.81. The van der Waals surface area contributed by atoms with Crippen LogP contribution in [0.1, 0.15) is 85.4 Å². The molecule has 0 amide bonds. The normalized spacial score (nSPS) is 13.1. The molecule has 0 aliphatic heterocycles. The molecule has 0 nitrogen and oxygen atoms in total. The number of allylic oxidation sites excluding steroid dienone is 4. The third-order valence-electron chi connectivity index (χ3n) is 8.48. The summed E-state index contributed by atoms with van der Waals surface area (Å²) in [6, 6.07) is 29.2. The van der Waals surface area contributed by atoms with Gasteiger partial charge in [-0.3, -0.25) is 0 Å². The fourth-order valence-corrected chi connectivity index (χ4v) is 6.94. The average molecular weight is 521 g/mol. The van der Waals surface area contributed by atoms with E-state index in [9.17, 15) is 0 Å². The molecular formula is C40H40. The van der Waals surface area contributed by atoms with Crippen molar-refractivity contribution in [2.24, 2.45) is 0 Å². The molecule has 0 saturated carbocycles. The van der Waals surface area contributed by atoms with Gasteiger partial charge in [0.05, 0.1) is 0 Å². The zero-order valence-corrected chi connectivity index (χ0v) is 24.3. The largest absolute Gasteiger partial charge is 0.0801 e. The van der Waals surface area contributed by atoms with E-state index >= 15 is 0 Å². The van der Waals surface area contributed by atoms with Gasteiger partial charge in [-0.05, 0) is 103 Å². The summed E-state index contributed by atoms with van der Waals surface area (Å²) in [4.78, 5) is 0. The minimum atomic E-state index is 0.987. The summed E-state index contributed by atoms with van der Waals surface area (Å²) in [5.74, 6) is 0. The molecule has 4 aromatic carbocycles. The number of hydrogen-bond acceptors (Lipinski definition) is 0. The van der Waals surface area contributed by atoms with Crippen molar-refractivity contribution >= 4 is 17.2 Å². The molecule has 0 radical (unpaired) electrons. The van der Waals surface area contributed by atoms with E-state index < -0.39 is 0 Å². The molecule has 6 rings (SSSR count). The smallest absolute Gasteiger partial charge is 0.00296 e. The number of fused-ring (bicyclic) bond motifs is 2. The zero-order valence-electron chi connectivity index (χ0n) is 24.3. The molecule has 4 aromatic rings. The van der Waals surface area contributed by atoms with E-state index in [1.54, 1.807) is 11.1 Å². The number of rotatable bonds is 9. The van der Waals surface area contributed by atoms with Crippen molar-refractivity contribution in [1.29, 1.82) is 0 Å². The van der Waals surface area contributed by atoms with Crippen molar-refractivity contribution in [3.8, 4) is 0 Å². The Labute approximate surface area is 239 Å². The molecule has 2 aliphatic carbocycles. The highest BCUT2D eigenvalue weighted by Gasteiger charge is 2.24. The summed E-state index contributed by atoms with van der Waals surface area (Å²) in [5.41, 5.74) is 12.9. The van der Waals surface area contributed by atoms with E-state index in [4.69, 9.17) is 0 Å². The first-order chi connectivity index (χ1) is 19.8. The average Bonchev–Trinajstić information content (AvgIpc) is 3.65. The lowest BCUT2D eigenvalue weighted by Gasteiger charge is -2.22. The molecule has 0 aromatic heterocycles. The molecule has 0 fully saturated rings. The van der Waals surface area contributed by atoms with Crippen LogP contribution in [-0.2, 0) is 19.3 Å². The summed E-state index contributed by atoms with van der Waals surface area (Å²) in [7, 11) is 0. The predicted molar refractivity (Wildman–Crippen MR) is 172 cm³/mol. The van der Waals surface area contributed by atoms with Gasteiger partial charge in [0.2, 0.25) is 0 Å². The Morgan fingerprint density at radius 1 is 0.650 bits per heavy atom. The Morgan fingerprint density at radius 2 is 1.30 bits per heavy atom. The van der Waals surface area contributed by atoms with Gasteiger partial charge in [0, 0.05) is 0 Å². The highest BCUT2D eigenvalue weighted by Crippen LogP contribution is 2.33. The summed E-state index contributed by atoms with van der Waals surface area (Å²) in [6.07, 6.45) is 17.2. The van der Waals surface area contributed by atoms with Crippen LogP contribution in [0.2, 0.25) is 0 Å². The molecule has 0 bridgehead atoms. The first-order valence-electron chi connectivity index (χ1n) is 15.3. The predicted octanol–water partition coefficient (Wildman–Crippen LogP) is 8.56. The van der Waals surface area contributed by atoms with Crippen LogP contribution in [-0.4, -0.2) is 0 Å². The zero-order chi connectivity index (χ0) is 27.5. The van der Waals surface area contributed by atoms with Gasteiger partial charge in [-0.1, -0.05) is 137 Å². The second kappa shape index (κ2) is 11.7. The van der Waals surface area contributed by atoms with E-state index in [-0.39, 0.29) is 0 Å². The molecule has 0 N–H and O–H groups in total. The first-order valence-corrected chi connectivity index (χ1v) is 15.3. The lowest BCUT2D eigenvalue weighted by molar-refractivity contribution is 0.846. The Kier molecular flexibility index (Phi) is 7.69. The molecule has 200 valence electrons.